The number of nitrogens with zero attached hydrogens (tertiary/aromatic N) is 3. The molecule has 2 heterocycles. The Bertz CT molecular complexity index is 405. The molecule has 0 saturated carbocycles. The maximum absolute atomic E-state index is 6.24. The third-order valence-electron chi connectivity index (χ3n) is 3.62. The van der Waals surface area contributed by atoms with Crippen LogP contribution in [-0.4, -0.2) is 42.1 Å². The predicted octanol–water partition coefficient (Wildman–Crippen LogP) is 3.42. The lowest BCUT2D eigenvalue weighted by Gasteiger charge is -2.38. The highest BCUT2D eigenvalue weighted by Gasteiger charge is 2.22. The van der Waals surface area contributed by atoms with Crippen molar-refractivity contribution >= 4 is 33.3 Å². The quantitative estimate of drug-likeness (QED) is 0.845. The third kappa shape index (κ3) is 3.16. The Balaban J connectivity index is 2.01. The monoisotopic (exact) mass is 331 g/mol. The van der Waals surface area contributed by atoms with Crippen molar-refractivity contribution in [1.82, 2.24) is 9.88 Å². The second kappa shape index (κ2) is 6.22. The van der Waals surface area contributed by atoms with Crippen molar-refractivity contribution in [2.24, 2.45) is 0 Å². The molecule has 1 aromatic rings. The summed E-state index contributed by atoms with van der Waals surface area (Å²) in [6, 6.07) is 2.57. The van der Waals surface area contributed by atoms with E-state index >= 15 is 0 Å². The van der Waals surface area contributed by atoms with Crippen LogP contribution < -0.4 is 4.90 Å². The average molecular weight is 333 g/mol. The second-order valence-corrected chi connectivity index (χ2v) is 6.06. The third-order valence-corrected chi connectivity index (χ3v) is 4.33. The van der Waals surface area contributed by atoms with Crippen molar-refractivity contribution in [2.75, 3.05) is 31.1 Å². The molecule has 0 bridgehead atoms. The number of hydrogen-bond donors (Lipinski definition) is 0. The fourth-order valence-corrected chi connectivity index (χ4v) is 3.02. The lowest BCUT2D eigenvalue weighted by Crippen LogP contribution is -2.49. The Morgan fingerprint density at radius 2 is 2.06 bits per heavy atom. The lowest BCUT2D eigenvalue weighted by molar-refractivity contribution is 0.192. The van der Waals surface area contributed by atoms with Crippen LogP contribution in [0.4, 0.5) is 5.82 Å². The van der Waals surface area contributed by atoms with E-state index in [0.717, 1.165) is 41.5 Å². The van der Waals surface area contributed by atoms with Gasteiger partial charge >= 0.3 is 0 Å². The number of rotatable bonds is 3. The first kappa shape index (κ1) is 14.1. The summed E-state index contributed by atoms with van der Waals surface area (Å²) in [5.74, 6) is 0.906. The van der Waals surface area contributed by atoms with Crippen molar-refractivity contribution in [2.45, 2.75) is 26.3 Å². The molecule has 1 atom stereocenters. The maximum Gasteiger partial charge on any atom is 0.147 e. The topological polar surface area (TPSA) is 19.4 Å². The van der Waals surface area contributed by atoms with E-state index in [1.807, 2.05) is 12.3 Å². The Morgan fingerprint density at radius 3 is 2.61 bits per heavy atom. The van der Waals surface area contributed by atoms with Gasteiger partial charge in [0.05, 0.1) is 5.02 Å². The van der Waals surface area contributed by atoms with Gasteiger partial charge in [0.15, 0.2) is 0 Å². The first-order valence-corrected chi connectivity index (χ1v) is 7.59. The molecule has 0 radical (unpaired) electrons. The van der Waals surface area contributed by atoms with Crippen molar-refractivity contribution in [3.63, 3.8) is 0 Å². The van der Waals surface area contributed by atoms with E-state index in [-0.39, 0.29) is 0 Å². The van der Waals surface area contributed by atoms with Crippen LogP contribution in [0.25, 0.3) is 0 Å². The zero-order valence-corrected chi connectivity index (χ0v) is 13.2. The highest BCUT2D eigenvalue weighted by Crippen LogP contribution is 2.27. The molecule has 1 fully saturated rings. The van der Waals surface area contributed by atoms with Gasteiger partial charge in [-0.3, -0.25) is 4.90 Å². The minimum Gasteiger partial charge on any atom is -0.353 e. The van der Waals surface area contributed by atoms with Gasteiger partial charge in [0, 0.05) is 42.9 Å². The van der Waals surface area contributed by atoms with Crippen LogP contribution in [0.5, 0.6) is 0 Å². The fraction of sp³-hybridized carbons (Fsp3) is 0.615. The summed E-state index contributed by atoms with van der Waals surface area (Å²) in [5.41, 5.74) is 0. The van der Waals surface area contributed by atoms with Crippen molar-refractivity contribution in [1.29, 1.82) is 0 Å². The molecule has 0 spiro atoms. The predicted molar refractivity (Wildman–Crippen MR) is 80.5 cm³/mol. The number of halogens is 2. The van der Waals surface area contributed by atoms with Crippen LogP contribution >= 0.6 is 27.5 Å². The largest absolute Gasteiger partial charge is 0.353 e. The van der Waals surface area contributed by atoms with Gasteiger partial charge in [-0.25, -0.2) is 4.98 Å². The van der Waals surface area contributed by atoms with Crippen molar-refractivity contribution in [3.8, 4) is 0 Å². The molecule has 0 N–H and O–H groups in total. The van der Waals surface area contributed by atoms with Gasteiger partial charge < -0.3 is 4.90 Å². The molecule has 0 amide bonds. The van der Waals surface area contributed by atoms with Gasteiger partial charge in [0.25, 0.3) is 0 Å². The molecule has 2 rings (SSSR count). The molecule has 100 valence electrons. The Hall–Kier alpha value is -0.320. The zero-order valence-electron chi connectivity index (χ0n) is 10.9. The molecule has 1 aromatic heterocycles. The molecular weight excluding hydrogens is 314 g/mol. The van der Waals surface area contributed by atoms with Crippen LogP contribution in [0.3, 0.4) is 0 Å². The summed E-state index contributed by atoms with van der Waals surface area (Å²) in [5, 5.41) is 0.723. The number of aromatic nitrogens is 1. The normalized spacial score (nSPS) is 19.0. The molecule has 0 aliphatic carbocycles. The number of anilines is 1. The summed E-state index contributed by atoms with van der Waals surface area (Å²) < 4.78 is 0.925. The number of hydrogen-bond acceptors (Lipinski definition) is 3. The van der Waals surface area contributed by atoms with E-state index < -0.39 is 0 Å². The SMILES string of the molecule is CCC(C)N1CCN(c2ncc(Br)cc2Cl)CC1. The van der Waals surface area contributed by atoms with E-state index in [2.05, 4.69) is 44.6 Å². The van der Waals surface area contributed by atoms with E-state index in [9.17, 15) is 0 Å². The van der Waals surface area contributed by atoms with Crippen LogP contribution in [0.15, 0.2) is 16.7 Å². The molecule has 1 unspecified atom stereocenters. The lowest BCUT2D eigenvalue weighted by atomic mass is 10.2. The summed E-state index contributed by atoms with van der Waals surface area (Å²) in [4.78, 5) is 9.22. The fourth-order valence-electron chi connectivity index (χ4n) is 2.27. The summed E-state index contributed by atoms with van der Waals surface area (Å²) >= 11 is 9.63. The van der Waals surface area contributed by atoms with Gasteiger partial charge in [0.1, 0.15) is 5.82 Å². The molecule has 1 aliphatic rings. The maximum atomic E-state index is 6.24. The molecular formula is C13H19BrClN3. The first-order valence-electron chi connectivity index (χ1n) is 6.42. The average Bonchev–Trinajstić information content (AvgIpc) is 2.38. The zero-order chi connectivity index (χ0) is 13.1. The van der Waals surface area contributed by atoms with E-state index in [0.29, 0.717) is 6.04 Å². The molecule has 0 aromatic carbocycles. The molecule has 5 heteroatoms. The summed E-state index contributed by atoms with van der Waals surface area (Å²) in [6.45, 7) is 8.70. The van der Waals surface area contributed by atoms with E-state index in [1.54, 1.807) is 0 Å². The van der Waals surface area contributed by atoms with Crippen LogP contribution in [-0.2, 0) is 0 Å². The van der Waals surface area contributed by atoms with Crippen molar-refractivity contribution in [3.05, 3.63) is 21.8 Å². The Kier molecular flexibility index (Phi) is 4.87. The highest BCUT2D eigenvalue weighted by atomic mass is 79.9. The van der Waals surface area contributed by atoms with E-state index in [4.69, 9.17) is 11.6 Å². The molecule has 18 heavy (non-hydrogen) atoms. The minimum absolute atomic E-state index is 0.667. The van der Waals surface area contributed by atoms with Gasteiger partial charge in [0.2, 0.25) is 0 Å². The van der Waals surface area contributed by atoms with E-state index in [1.165, 1.54) is 6.42 Å². The standard InChI is InChI=1S/C13H19BrClN3/c1-3-10(2)17-4-6-18(7-5-17)13-12(15)8-11(14)9-16-13/h8-10H,3-7H2,1-2H3. The van der Waals surface area contributed by atoms with Crippen LogP contribution in [0.2, 0.25) is 5.02 Å². The van der Waals surface area contributed by atoms with Crippen LogP contribution in [0.1, 0.15) is 20.3 Å². The van der Waals surface area contributed by atoms with Gasteiger partial charge in [-0.05, 0) is 35.3 Å². The number of pyridine rings is 1. The summed E-state index contributed by atoms with van der Waals surface area (Å²) in [7, 11) is 0. The van der Waals surface area contributed by atoms with Gasteiger partial charge in [-0.1, -0.05) is 18.5 Å². The Labute approximate surface area is 122 Å². The molecule has 1 aliphatic heterocycles. The molecule has 1 saturated heterocycles. The van der Waals surface area contributed by atoms with Gasteiger partial charge in [-0.15, -0.1) is 0 Å². The van der Waals surface area contributed by atoms with Crippen LogP contribution in [0, 0.1) is 0 Å². The van der Waals surface area contributed by atoms with Crippen molar-refractivity contribution < 1.29 is 0 Å². The second-order valence-electron chi connectivity index (χ2n) is 4.74. The molecule has 3 nitrogen and oxygen atoms in total. The van der Waals surface area contributed by atoms with Gasteiger partial charge in [-0.2, -0.15) is 0 Å². The summed E-state index contributed by atoms with van der Waals surface area (Å²) in [6.07, 6.45) is 3.01. The smallest absolute Gasteiger partial charge is 0.147 e. The minimum atomic E-state index is 0.667. The Morgan fingerprint density at radius 1 is 1.39 bits per heavy atom. The first-order chi connectivity index (χ1) is 8.61. The number of piperazine rings is 1. The highest BCUT2D eigenvalue weighted by molar-refractivity contribution is 9.10.